The van der Waals surface area contributed by atoms with Gasteiger partial charge in [0.2, 0.25) is 5.91 Å². The van der Waals surface area contributed by atoms with Crippen LogP contribution < -0.4 is 10.2 Å². The Morgan fingerprint density at radius 1 is 1.23 bits per heavy atom. The molecule has 0 saturated carbocycles. The van der Waals surface area contributed by atoms with Gasteiger partial charge in [0.05, 0.1) is 0 Å². The maximum absolute atomic E-state index is 12.6. The highest BCUT2D eigenvalue weighted by molar-refractivity contribution is 7.09. The summed E-state index contributed by atoms with van der Waals surface area (Å²) in [5.74, 6) is -0.744. The normalized spacial score (nSPS) is 17.1. The third-order valence-electron chi connectivity index (χ3n) is 4.13. The van der Waals surface area contributed by atoms with Crippen molar-refractivity contribution in [2.45, 2.75) is 19.4 Å². The van der Waals surface area contributed by atoms with E-state index in [1.165, 1.54) is 9.78 Å². The minimum absolute atomic E-state index is 0.281. The van der Waals surface area contributed by atoms with E-state index < -0.39 is 18.0 Å². The molecular formula is C18H18ClN3O3S. The molecule has 3 rings (SSSR count). The van der Waals surface area contributed by atoms with E-state index in [0.717, 1.165) is 11.3 Å². The van der Waals surface area contributed by atoms with E-state index in [4.69, 9.17) is 11.6 Å². The fraction of sp³-hybridized carbons (Fsp3) is 0.278. The van der Waals surface area contributed by atoms with Crippen LogP contribution in [-0.2, 0) is 16.0 Å². The number of imide groups is 1. The number of anilines is 1. The van der Waals surface area contributed by atoms with Gasteiger partial charge in [-0.3, -0.25) is 19.4 Å². The molecule has 2 heterocycles. The summed E-state index contributed by atoms with van der Waals surface area (Å²) in [6.07, 6.45) is 0.721. The third-order valence-corrected chi connectivity index (χ3v) is 5.32. The van der Waals surface area contributed by atoms with Crippen molar-refractivity contribution >= 4 is 46.5 Å². The van der Waals surface area contributed by atoms with E-state index >= 15 is 0 Å². The Morgan fingerprint density at radius 3 is 2.62 bits per heavy atom. The summed E-state index contributed by atoms with van der Waals surface area (Å²) >= 11 is 7.49. The molecule has 0 spiro atoms. The van der Waals surface area contributed by atoms with Crippen LogP contribution in [0.4, 0.5) is 10.5 Å². The number of thiophene rings is 1. The number of carbonyl (C=O) groups is 3. The van der Waals surface area contributed by atoms with Gasteiger partial charge >= 0.3 is 6.03 Å². The van der Waals surface area contributed by atoms with Gasteiger partial charge in [0, 0.05) is 22.1 Å². The molecule has 26 heavy (non-hydrogen) atoms. The third kappa shape index (κ3) is 3.89. The van der Waals surface area contributed by atoms with Gasteiger partial charge in [-0.25, -0.2) is 4.79 Å². The first-order valence-corrected chi connectivity index (χ1v) is 9.42. The number of hydrogen-bond donors (Lipinski definition) is 1. The monoisotopic (exact) mass is 391 g/mol. The van der Waals surface area contributed by atoms with Crippen LogP contribution in [0.5, 0.6) is 0 Å². The number of urea groups is 1. The molecule has 1 saturated heterocycles. The minimum atomic E-state index is -0.664. The summed E-state index contributed by atoms with van der Waals surface area (Å²) in [5, 5.41) is 5.27. The molecule has 0 radical (unpaired) electrons. The molecule has 6 nitrogen and oxygen atoms in total. The Bertz CT molecular complexity index is 808. The number of halogens is 1. The number of hydrogen-bond acceptors (Lipinski definition) is 4. The predicted molar refractivity (Wildman–Crippen MR) is 102 cm³/mol. The van der Waals surface area contributed by atoms with Crippen LogP contribution in [-0.4, -0.2) is 41.9 Å². The summed E-state index contributed by atoms with van der Waals surface area (Å²) in [6, 6.07) is 9.44. The van der Waals surface area contributed by atoms with E-state index in [0.29, 0.717) is 17.3 Å². The number of amides is 4. The second-order valence-electron chi connectivity index (χ2n) is 5.91. The minimum Gasteiger partial charge on any atom is -0.354 e. The van der Waals surface area contributed by atoms with E-state index in [-0.39, 0.29) is 12.5 Å². The van der Waals surface area contributed by atoms with Crippen molar-refractivity contribution in [1.82, 2.24) is 10.2 Å². The van der Waals surface area contributed by atoms with Crippen molar-refractivity contribution in [3.8, 4) is 0 Å². The van der Waals surface area contributed by atoms with Crippen LogP contribution in [0.25, 0.3) is 0 Å². The molecule has 4 amide bonds. The molecule has 1 atom stereocenters. The molecule has 1 N–H and O–H groups in total. The van der Waals surface area contributed by atoms with E-state index in [9.17, 15) is 14.4 Å². The van der Waals surface area contributed by atoms with Crippen molar-refractivity contribution in [3.05, 3.63) is 51.7 Å². The van der Waals surface area contributed by atoms with Gasteiger partial charge in [-0.1, -0.05) is 17.7 Å². The lowest BCUT2D eigenvalue weighted by molar-refractivity contribution is -0.131. The Balaban J connectivity index is 1.60. The Morgan fingerprint density at radius 2 is 1.96 bits per heavy atom. The lowest BCUT2D eigenvalue weighted by atomic mass is 10.2. The van der Waals surface area contributed by atoms with Crippen LogP contribution in [0.1, 0.15) is 11.8 Å². The largest absolute Gasteiger partial charge is 0.354 e. The van der Waals surface area contributed by atoms with E-state index in [1.807, 2.05) is 17.5 Å². The van der Waals surface area contributed by atoms with E-state index in [1.54, 1.807) is 42.5 Å². The fourth-order valence-electron chi connectivity index (χ4n) is 2.79. The molecule has 1 aromatic carbocycles. The average Bonchev–Trinajstić information content (AvgIpc) is 3.20. The summed E-state index contributed by atoms with van der Waals surface area (Å²) < 4.78 is 0. The first kappa shape index (κ1) is 18.4. The zero-order chi connectivity index (χ0) is 18.7. The lowest BCUT2D eigenvalue weighted by Gasteiger charge is -2.19. The maximum Gasteiger partial charge on any atom is 0.332 e. The molecule has 0 unspecified atom stereocenters. The zero-order valence-corrected chi connectivity index (χ0v) is 15.7. The molecular weight excluding hydrogens is 374 g/mol. The van der Waals surface area contributed by atoms with Crippen molar-refractivity contribution in [1.29, 1.82) is 0 Å². The topological polar surface area (TPSA) is 69.7 Å². The van der Waals surface area contributed by atoms with Crippen molar-refractivity contribution in [2.75, 3.05) is 18.0 Å². The van der Waals surface area contributed by atoms with Gasteiger partial charge in [-0.2, -0.15) is 0 Å². The summed E-state index contributed by atoms with van der Waals surface area (Å²) in [5.41, 5.74) is 0.570. The van der Waals surface area contributed by atoms with Crippen LogP contribution in [0.3, 0.4) is 0 Å². The van der Waals surface area contributed by atoms with Crippen LogP contribution in [0.2, 0.25) is 5.02 Å². The Hall–Kier alpha value is -2.38. The average molecular weight is 392 g/mol. The smallest absolute Gasteiger partial charge is 0.332 e. The molecule has 136 valence electrons. The van der Waals surface area contributed by atoms with Crippen molar-refractivity contribution in [3.63, 3.8) is 0 Å². The fourth-order valence-corrected chi connectivity index (χ4v) is 3.62. The first-order chi connectivity index (χ1) is 12.5. The summed E-state index contributed by atoms with van der Waals surface area (Å²) in [4.78, 5) is 40.7. The number of benzene rings is 1. The second-order valence-corrected chi connectivity index (χ2v) is 7.38. The number of rotatable bonds is 6. The highest BCUT2D eigenvalue weighted by Crippen LogP contribution is 2.26. The van der Waals surface area contributed by atoms with Gasteiger partial charge in [-0.15, -0.1) is 11.3 Å². The quantitative estimate of drug-likeness (QED) is 0.770. The Labute approximate surface area is 160 Å². The van der Waals surface area contributed by atoms with Crippen molar-refractivity contribution in [2.24, 2.45) is 0 Å². The number of nitrogens with one attached hydrogen (secondary N) is 1. The van der Waals surface area contributed by atoms with Crippen LogP contribution in [0.15, 0.2) is 41.8 Å². The van der Waals surface area contributed by atoms with Crippen molar-refractivity contribution < 1.29 is 14.4 Å². The highest BCUT2D eigenvalue weighted by atomic mass is 35.5. The van der Waals surface area contributed by atoms with Gasteiger partial charge in [0.15, 0.2) is 0 Å². The van der Waals surface area contributed by atoms with Gasteiger partial charge in [0.1, 0.15) is 12.6 Å². The van der Waals surface area contributed by atoms with Crippen LogP contribution in [0, 0.1) is 0 Å². The highest BCUT2D eigenvalue weighted by Gasteiger charge is 2.43. The summed E-state index contributed by atoms with van der Waals surface area (Å²) in [6.45, 7) is 1.83. The van der Waals surface area contributed by atoms with Crippen LogP contribution >= 0.6 is 22.9 Å². The Kier molecular flexibility index (Phi) is 5.58. The lowest BCUT2D eigenvalue weighted by Crippen LogP contribution is -2.42. The molecule has 8 heteroatoms. The SMILES string of the molecule is C[C@H]1C(=O)N(CC(=O)NCCc2cccs2)C(=O)N1c1ccc(Cl)cc1. The maximum atomic E-state index is 12.6. The molecule has 2 aromatic rings. The second kappa shape index (κ2) is 7.88. The molecule has 1 aliphatic rings. The molecule has 1 aromatic heterocycles. The molecule has 0 aliphatic carbocycles. The number of carbonyl (C=O) groups excluding carboxylic acids is 3. The zero-order valence-electron chi connectivity index (χ0n) is 14.1. The van der Waals surface area contributed by atoms with Gasteiger partial charge in [-0.05, 0) is 49.1 Å². The van der Waals surface area contributed by atoms with E-state index in [2.05, 4.69) is 5.32 Å². The standard InChI is InChI=1S/C18H18ClN3O3S/c1-12-17(24)21(11-16(23)20-9-8-15-3-2-10-26-15)18(25)22(12)14-6-4-13(19)5-7-14/h2-7,10,12H,8-9,11H2,1H3,(H,20,23)/t12-/m0/s1. The van der Waals surface area contributed by atoms with Gasteiger partial charge in [0.25, 0.3) is 5.91 Å². The molecule has 0 bridgehead atoms. The molecule has 1 fully saturated rings. The first-order valence-electron chi connectivity index (χ1n) is 8.16. The predicted octanol–water partition coefficient (Wildman–Crippen LogP) is 2.92. The number of nitrogens with zero attached hydrogens (tertiary/aromatic N) is 2. The summed E-state index contributed by atoms with van der Waals surface area (Å²) in [7, 11) is 0. The molecule has 1 aliphatic heterocycles. The van der Waals surface area contributed by atoms with Gasteiger partial charge < -0.3 is 5.32 Å².